The fraction of sp³-hybridized carbons (Fsp3) is 0.115. The number of carbonyl (C=O) groups is 1. The van der Waals surface area contributed by atoms with E-state index in [0.29, 0.717) is 6.54 Å². The molecule has 0 bridgehead atoms. The van der Waals surface area contributed by atoms with Crippen LogP contribution in [0.5, 0.6) is 0 Å². The summed E-state index contributed by atoms with van der Waals surface area (Å²) in [6, 6.07) is 11.0. The number of allylic oxidation sites excluding steroid dienone is 2. The third kappa shape index (κ3) is 6.09. The summed E-state index contributed by atoms with van der Waals surface area (Å²) in [6.07, 6.45) is 8.58. The monoisotopic (exact) mass is 492 g/mol. The highest BCUT2D eigenvalue weighted by atomic mass is 19.4. The number of alkyl halides is 3. The molecule has 0 saturated carbocycles. The van der Waals surface area contributed by atoms with Crippen LogP contribution in [0.25, 0.3) is 11.3 Å². The molecule has 7 nitrogen and oxygen atoms in total. The van der Waals surface area contributed by atoms with Gasteiger partial charge in [0.1, 0.15) is 5.82 Å². The average molecular weight is 493 g/mol. The minimum absolute atomic E-state index is 0.0225. The Morgan fingerprint density at radius 3 is 2.53 bits per heavy atom. The number of rotatable bonds is 6. The summed E-state index contributed by atoms with van der Waals surface area (Å²) in [5.41, 5.74) is 3.03. The lowest BCUT2D eigenvalue weighted by Crippen LogP contribution is -2.21. The molecule has 3 heterocycles. The Balaban J connectivity index is 1.41. The maximum atomic E-state index is 12.9. The number of urea groups is 1. The van der Waals surface area contributed by atoms with Crippen molar-refractivity contribution in [2.45, 2.75) is 6.18 Å². The number of carbonyl (C=O) groups excluding carboxylic acids is 1. The van der Waals surface area contributed by atoms with E-state index in [1.165, 1.54) is 12.1 Å². The molecule has 0 unspecified atom stereocenters. The topological polar surface area (TPSA) is 82.2 Å². The van der Waals surface area contributed by atoms with Gasteiger partial charge in [-0.2, -0.15) is 13.2 Å². The second-order valence-corrected chi connectivity index (χ2v) is 7.77. The van der Waals surface area contributed by atoms with E-state index in [-0.39, 0.29) is 11.5 Å². The number of anilines is 2. The van der Waals surface area contributed by atoms with Gasteiger partial charge in [0.25, 0.3) is 0 Å². The van der Waals surface area contributed by atoms with Crippen LogP contribution in [0.4, 0.5) is 29.5 Å². The van der Waals surface area contributed by atoms with E-state index >= 15 is 0 Å². The van der Waals surface area contributed by atoms with Crippen molar-refractivity contribution in [3.05, 3.63) is 108 Å². The summed E-state index contributed by atoms with van der Waals surface area (Å²) in [7, 11) is 1.80. The van der Waals surface area contributed by atoms with Gasteiger partial charge in [-0.1, -0.05) is 12.1 Å². The largest absolute Gasteiger partial charge is 0.416 e. The molecule has 0 fully saturated rings. The molecule has 1 aromatic carbocycles. The molecule has 0 atom stereocenters. The van der Waals surface area contributed by atoms with Crippen LogP contribution in [-0.2, 0) is 6.18 Å². The zero-order valence-corrected chi connectivity index (χ0v) is 19.3. The molecule has 184 valence electrons. The molecule has 2 amide bonds. The Morgan fingerprint density at radius 2 is 1.89 bits per heavy atom. The molecule has 4 rings (SSSR count). The molecular formula is C26H23F3N6O. The molecule has 0 spiro atoms. The first-order valence-electron chi connectivity index (χ1n) is 11.0. The van der Waals surface area contributed by atoms with E-state index < -0.39 is 17.8 Å². The molecule has 36 heavy (non-hydrogen) atoms. The third-order valence-corrected chi connectivity index (χ3v) is 5.29. The number of nitrogens with one attached hydrogen (secondary N) is 3. The molecule has 0 saturated heterocycles. The van der Waals surface area contributed by atoms with Gasteiger partial charge in [0.2, 0.25) is 0 Å². The molecule has 3 N–H and O–H groups in total. The van der Waals surface area contributed by atoms with E-state index in [9.17, 15) is 18.0 Å². The second kappa shape index (κ2) is 10.8. The van der Waals surface area contributed by atoms with Crippen LogP contribution < -0.4 is 16.0 Å². The maximum absolute atomic E-state index is 12.9. The molecule has 1 aliphatic heterocycles. The van der Waals surface area contributed by atoms with Crippen molar-refractivity contribution in [1.29, 1.82) is 0 Å². The van der Waals surface area contributed by atoms with E-state index in [2.05, 4.69) is 32.0 Å². The van der Waals surface area contributed by atoms with Gasteiger partial charge >= 0.3 is 12.2 Å². The van der Waals surface area contributed by atoms with Gasteiger partial charge < -0.3 is 15.5 Å². The Morgan fingerprint density at radius 1 is 1.08 bits per heavy atom. The fourth-order valence-electron chi connectivity index (χ4n) is 3.57. The first-order valence-corrected chi connectivity index (χ1v) is 11.0. The number of aromatic nitrogens is 2. The summed E-state index contributed by atoms with van der Waals surface area (Å²) >= 11 is 0. The van der Waals surface area contributed by atoms with Crippen molar-refractivity contribution < 1.29 is 18.0 Å². The number of halogens is 3. The van der Waals surface area contributed by atoms with E-state index in [4.69, 9.17) is 0 Å². The molecular weight excluding hydrogens is 469 g/mol. The Bertz CT molecular complexity index is 1300. The number of hydrogen-bond acceptors (Lipinski definition) is 5. The van der Waals surface area contributed by atoms with Gasteiger partial charge in [-0.15, -0.1) is 0 Å². The van der Waals surface area contributed by atoms with Crippen molar-refractivity contribution in [2.24, 2.45) is 0 Å². The smallest absolute Gasteiger partial charge is 0.392 e. The fourth-order valence-corrected chi connectivity index (χ4v) is 3.57. The summed E-state index contributed by atoms with van der Waals surface area (Å²) in [6.45, 7) is 0.640. The number of benzene rings is 1. The highest BCUT2D eigenvalue weighted by molar-refractivity contribution is 5.99. The summed E-state index contributed by atoms with van der Waals surface area (Å²) in [5, 5.41) is 7.96. The first kappa shape index (κ1) is 24.5. The maximum Gasteiger partial charge on any atom is 0.416 e. The van der Waals surface area contributed by atoms with E-state index in [1.54, 1.807) is 37.8 Å². The normalized spacial score (nSPS) is 13.7. The predicted molar refractivity (Wildman–Crippen MR) is 133 cm³/mol. The zero-order chi connectivity index (χ0) is 25.5. The minimum Gasteiger partial charge on any atom is -0.392 e. The number of amides is 2. The van der Waals surface area contributed by atoms with Gasteiger partial charge in [-0.05, 0) is 59.7 Å². The van der Waals surface area contributed by atoms with Crippen molar-refractivity contribution in [3.8, 4) is 0 Å². The quantitative estimate of drug-likeness (QED) is 0.419. The van der Waals surface area contributed by atoms with E-state index in [0.717, 1.165) is 34.5 Å². The van der Waals surface area contributed by atoms with Crippen molar-refractivity contribution >= 4 is 28.8 Å². The van der Waals surface area contributed by atoms with Crippen molar-refractivity contribution in [1.82, 2.24) is 20.2 Å². The molecule has 0 aliphatic carbocycles. The summed E-state index contributed by atoms with van der Waals surface area (Å²) in [5.74, 6) is 0.251. The molecule has 1 aliphatic rings. The first-order chi connectivity index (χ1) is 17.3. The van der Waals surface area contributed by atoms with Crippen LogP contribution in [0.2, 0.25) is 0 Å². The molecule has 10 heteroatoms. The minimum atomic E-state index is -4.50. The lowest BCUT2D eigenvalue weighted by molar-refractivity contribution is -0.137. The van der Waals surface area contributed by atoms with Gasteiger partial charge in [0, 0.05) is 55.8 Å². The Kier molecular flexibility index (Phi) is 7.33. The second-order valence-electron chi connectivity index (χ2n) is 7.77. The van der Waals surface area contributed by atoms with Gasteiger partial charge in [0.05, 0.1) is 11.3 Å². The van der Waals surface area contributed by atoms with Crippen LogP contribution in [-0.4, -0.2) is 34.5 Å². The average Bonchev–Trinajstić information content (AvgIpc) is 2.88. The zero-order valence-electron chi connectivity index (χ0n) is 19.3. The number of hydrogen-bond donors (Lipinski definition) is 3. The molecule has 2 aromatic heterocycles. The van der Waals surface area contributed by atoms with E-state index in [1.807, 2.05) is 35.5 Å². The van der Waals surface area contributed by atoms with Crippen LogP contribution in [0, 0.1) is 0 Å². The SMILES string of the molecule is CN/C=C(/c1ccc(NC(=O)Nc2cccc(C(F)(F)F)c2)nc1)N1C=CC(c2ccncc2)=CC1. The summed E-state index contributed by atoms with van der Waals surface area (Å²) < 4.78 is 38.6. The standard InChI is InChI=1S/C26H23F3N6O/c1-30-17-23(35-13-9-19(10-14-35)18-7-11-31-12-8-18)20-5-6-24(32-16-20)34-25(36)33-22-4-2-3-21(15-22)26(27,28)29/h2-13,15-17,30H,14H2,1H3,(H2,32,33,34,36)/b23-17-. The lowest BCUT2D eigenvalue weighted by atomic mass is 10.0. The van der Waals surface area contributed by atoms with Crippen LogP contribution >= 0.6 is 0 Å². The van der Waals surface area contributed by atoms with Crippen molar-refractivity contribution in [3.63, 3.8) is 0 Å². The van der Waals surface area contributed by atoms with Gasteiger partial charge in [0.15, 0.2) is 0 Å². The van der Waals surface area contributed by atoms with Gasteiger partial charge in [-0.3, -0.25) is 10.3 Å². The highest BCUT2D eigenvalue weighted by Crippen LogP contribution is 2.31. The molecule has 3 aromatic rings. The third-order valence-electron chi connectivity index (χ3n) is 5.29. The summed E-state index contributed by atoms with van der Waals surface area (Å²) in [4.78, 5) is 22.6. The number of pyridine rings is 2. The predicted octanol–water partition coefficient (Wildman–Crippen LogP) is 5.57. The van der Waals surface area contributed by atoms with Crippen LogP contribution in [0.1, 0.15) is 16.7 Å². The lowest BCUT2D eigenvalue weighted by Gasteiger charge is -2.26. The Labute approximate surface area is 206 Å². The van der Waals surface area contributed by atoms with Crippen molar-refractivity contribution in [2.75, 3.05) is 24.2 Å². The highest BCUT2D eigenvalue weighted by Gasteiger charge is 2.30. The van der Waals surface area contributed by atoms with Gasteiger partial charge in [-0.25, -0.2) is 9.78 Å². The Hall–Kier alpha value is -4.60. The number of nitrogens with zero attached hydrogens (tertiary/aromatic N) is 3. The van der Waals surface area contributed by atoms with Crippen LogP contribution in [0.3, 0.4) is 0 Å². The van der Waals surface area contributed by atoms with Crippen LogP contribution in [0.15, 0.2) is 91.7 Å². The molecule has 0 radical (unpaired) electrons.